The lowest BCUT2D eigenvalue weighted by atomic mass is 9.77. The molecular weight excluding hydrogens is 286 g/mol. The first-order chi connectivity index (χ1) is 10.1. The summed E-state index contributed by atoms with van der Waals surface area (Å²) in [5, 5.41) is 12.4. The molecule has 122 valence electrons. The second-order valence-electron chi connectivity index (χ2n) is 6.08. The van der Waals surface area contributed by atoms with Gasteiger partial charge < -0.3 is 10.4 Å². The normalized spacial score (nSPS) is 18.0. The van der Waals surface area contributed by atoms with Crippen molar-refractivity contribution in [1.29, 1.82) is 0 Å². The van der Waals surface area contributed by atoms with Crippen molar-refractivity contribution in [2.24, 2.45) is 5.41 Å². The van der Waals surface area contributed by atoms with E-state index in [1.54, 1.807) is 0 Å². The van der Waals surface area contributed by atoms with Gasteiger partial charge in [0.05, 0.1) is 5.41 Å². The zero-order valence-electron chi connectivity index (χ0n) is 13.2. The van der Waals surface area contributed by atoms with Gasteiger partial charge in [0.1, 0.15) is 0 Å². The van der Waals surface area contributed by atoms with Crippen LogP contribution in [0, 0.1) is 5.41 Å². The van der Waals surface area contributed by atoms with Crippen LogP contribution in [-0.4, -0.2) is 35.5 Å². The van der Waals surface area contributed by atoms with Crippen molar-refractivity contribution in [2.75, 3.05) is 18.6 Å². The zero-order chi connectivity index (χ0) is 15.6. The number of rotatable bonds is 9. The molecule has 1 aliphatic rings. The minimum absolute atomic E-state index is 0.0934. The number of carbonyl (C=O) groups is 2. The topological polar surface area (TPSA) is 66.4 Å². The van der Waals surface area contributed by atoms with Crippen LogP contribution in [0.25, 0.3) is 0 Å². The first kappa shape index (κ1) is 18.3. The van der Waals surface area contributed by atoms with Gasteiger partial charge in [-0.1, -0.05) is 32.1 Å². The van der Waals surface area contributed by atoms with Gasteiger partial charge in [-0.3, -0.25) is 9.59 Å². The molecule has 21 heavy (non-hydrogen) atoms. The molecule has 5 heteroatoms. The summed E-state index contributed by atoms with van der Waals surface area (Å²) in [4.78, 5) is 23.7. The van der Waals surface area contributed by atoms with Crippen LogP contribution in [0.1, 0.15) is 64.2 Å². The standard InChI is InChI=1S/C16H29NO3S/c1-21-12-8-4-7-11-17-14(18)13-16(15(19)20)9-5-2-3-6-10-16/h2-13H2,1H3,(H,17,18)(H,19,20). The van der Waals surface area contributed by atoms with Crippen LogP contribution in [0.5, 0.6) is 0 Å². The van der Waals surface area contributed by atoms with Crippen LogP contribution in [0.2, 0.25) is 0 Å². The molecule has 1 aliphatic carbocycles. The first-order valence-corrected chi connectivity index (χ1v) is 9.49. The van der Waals surface area contributed by atoms with E-state index in [2.05, 4.69) is 11.6 Å². The van der Waals surface area contributed by atoms with Gasteiger partial charge in [0, 0.05) is 13.0 Å². The molecule has 0 spiro atoms. The number of nitrogens with one attached hydrogen (secondary N) is 1. The third kappa shape index (κ3) is 6.72. The highest BCUT2D eigenvalue weighted by Gasteiger charge is 2.40. The molecule has 0 aromatic carbocycles. The van der Waals surface area contributed by atoms with Crippen molar-refractivity contribution in [3.8, 4) is 0 Å². The van der Waals surface area contributed by atoms with Gasteiger partial charge in [0.2, 0.25) is 5.91 Å². The van der Waals surface area contributed by atoms with E-state index in [1.165, 1.54) is 6.42 Å². The number of carbonyl (C=O) groups excluding carboxylic acids is 1. The molecule has 0 bridgehead atoms. The lowest BCUT2D eigenvalue weighted by Crippen LogP contribution is -2.37. The van der Waals surface area contributed by atoms with Crippen molar-refractivity contribution in [3.05, 3.63) is 0 Å². The predicted octanol–water partition coefficient (Wildman–Crippen LogP) is 3.45. The number of hydrogen-bond acceptors (Lipinski definition) is 3. The Hall–Kier alpha value is -0.710. The molecule has 0 radical (unpaired) electrons. The maximum absolute atomic E-state index is 12.0. The number of aliphatic carboxylic acids is 1. The maximum Gasteiger partial charge on any atom is 0.310 e. The fraction of sp³-hybridized carbons (Fsp3) is 0.875. The minimum atomic E-state index is -0.820. The van der Waals surface area contributed by atoms with E-state index in [4.69, 9.17) is 0 Å². The Balaban J connectivity index is 2.33. The Bertz CT molecular complexity index is 325. The van der Waals surface area contributed by atoms with Gasteiger partial charge >= 0.3 is 5.97 Å². The Morgan fingerprint density at radius 3 is 2.33 bits per heavy atom. The molecule has 0 aromatic heterocycles. The van der Waals surface area contributed by atoms with Crippen molar-refractivity contribution in [3.63, 3.8) is 0 Å². The molecule has 2 N–H and O–H groups in total. The number of hydrogen-bond donors (Lipinski definition) is 2. The van der Waals surface area contributed by atoms with E-state index >= 15 is 0 Å². The second-order valence-corrected chi connectivity index (χ2v) is 7.07. The lowest BCUT2D eigenvalue weighted by molar-refractivity contribution is -0.152. The van der Waals surface area contributed by atoms with Crippen LogP contribution < -0.4 is 5.32 Å². The summed E-state index contributed by atoms with van der Waals surface area (Å²) >= 11 is 1.84. The average molecular weight is 315 g/mol. The van der Waals surface area contributed by atoms with Crippen LogP contribution in [-0.2, 0) is 9.59 Å². The van der Waals surface area contributed by atoms with Crippen molar-refractivity contribution in [1.82, 2.24) is 5.32 Å². The highest BCUT2D eigenvalue weighted by molar-refractivity contribution is 7.98. The van der Waals surface area contributed by atoms with Gasteiger partial charge in [-0.2, -0.15) is 11.8 Å². The van der Waals surface area contributed by atoms with Crippen molar-refractivity contribution in [2.45, 2.75) is 64.2 Å². The highest BCUT2D eigenvalue weighted by Crippen LogP contribution is 2.38. The molecule has 0 unspecified atom stereocenters. The maximum atomic E-state index is 12.0. The summed E-state index contributed by atoms with van der Waals surface area (Å²) < 4.78 is 0. The molecule has 0 aromatic rings. The van der Waals surface area contributed by atoms with Gasteiger partial charge in [-0.15, -0.1) is 0 Å². The Morgan fingerprint density at radius 2 is 1.76 bits per heavy atom. The highest BCUT2D eigenvalue weighted by atomic mass is 32.2. The van der Waals surface area contributed by atoms with Crippen LogP contribution >= 0.6 is 11.8 Å². The molecule has 1 rings (SSSR count). The van der Waals surface area contributed by atoms with Gasteiger partial charge in [-0.05, 0) is 37.7 Å². The molecule has 1 saturated carbocycles. The number of carboxylic acids is 1. The van der Waals surface area contributed by atoms with Gasteiger partial charge in [0.15, 0.2) is 0 Å². The van der Waals surface area contributed by atoms with Crippen LogP contribution in [0.3, 0.4) is 0 Å². The molecule has 1 amide bonds. The molecule has 4 nitrogen and oxygen atoms in total. The molecule has 0 heterocycles. The summed E-state index contributed by atoms with van der Waals surface area (Å²) in [6.45, 7) is 0.670. The van der Waals surface area contributed by atoms with E-state index in [0.29, 0.717) is 19.4 Å². The molecule has 0 aliphatic heterocycles. The molecular formula is C16H29NO3S. The van der Waals surface area contributed by atoms with E-state index in [1.807, 2.05) is 11.8 Å². The van der Waals surface area contributed by atoms with Gasteiger partial charge in [-0.25, -0.2) is 0 Å². The minimum Gasteiger partial charge on any atom is -0.481 e. The molecule has 0 saturated heterocycles. The van der Waals surface area contributed by atoms with E-state index in [-0.39, 0.29) is 12.3 Å². The fourth-order valence-electron chi connectivity index (χ4n) is 3.02. The summed E-state index contributed by atoms with van der Waals surface area (Å²) in [5.41, 5.74) is -0.820. The van der Waals surface area contributed by atoms with Crippen molar-refractivity contribution < 1.29 is 14.7 Å². The Labute approximate surface area is 132 Å². The molecule has 1 fully saturated rings. The van der Waals surface area contributed by atoms with Gasteiger partial charge in [0.25, 0.3) is 0 Å². The van der Waals surface area contributed by atoms with E-state index < -0.39 is 11.4 Å². The largest absolute Gasteiger partial charge is 0.481 e. The SMILES string of the molecule is CSCCCCCNC(=O)CC1(C(=O)O)CCCCCC1. The van der Waals surface area contributed by atoms with Crippen LogP contribution in [0.15, 0.2) is 0 Å². The summed E-state index contributed by atoms with van der Waals surface area (Å²) in [6.07, 6.45) is 10.8. The number of unbranched alkanes of at least 4 members (excludes halogenated alkanes) is 2. The number of amides is 1. The Morgan fingerprint density at radius 1 is 1.10 bits per heavy atom. The fourth-order valence-corrected chi connectivity index (χ4v) is 3.51. The number of thioether (sulfide) groups is 1. The number of carboxylic acid groups (broad SMARTS) is 1. The van der Waals surface area contributed by atoms with Crippen LogP contribution in [0.4, 0.5) is 0 Å². The monoisotopic (exact) mass is 315 g/mol. The van der Waals surface area contributed by atoms with E-state index in [9.17, 15) is 14.7 Å². The van der Waals surface area contributed by atoms with Crippen molar-refractivity contribution >= 4 is 23.6 Å². The zero-order valence-corrected chi connectivity index (χ0v) is 14.0. The lowest BCUT2D eigenvalue weighted by Gasteiger charge is -2.27. The first-order valence-electron chi connectivity index (χ1n) is 8.10. The quantitative estimate of drug-likeness (QED) is 0.505. The predicted molar refractivity (Wildman–Crippen MR) is 87.6 cm³/mol. The third-order valence-corrected chi connectivity index (χ3v) is 5.06. The summed E-state index contributed by atoms with van der Waals surface area (Å²) in [5.74, 6) is 0.277. The van der Waals surface area contributed by atoms with E-state index in [0.717, 1.165) is 44.3 Å². The average Bonchev–Trinajstić information content (AvgIpc) is 2.69. The third-order valence-electron chi connectivity index (χ3n) is 4.36. The Kier molecular flexibility index (Phi) is 8.81. The summed E-state index contributed by atoms with van der Waals surface area (Å²) in [6, 6.07) is 0. The smallest absolute Gasteiger partial charge is 0.310 e. The molecule has 0 atom stereocenters. The second kappa shape index (κ2) is 10.1. The summed E-state index contributed by atoms with van der Waals surface area (Å²) in [7, 11) is 0.